The van der Waals surface area contributed by atoms with Crippen molar-refractivity contribution in [3.63, 3.8) is 0 Å². The smallest absolute Gasteiger partial charge is 0.355 e. The maximum Gasteiger partial charge on any atom is 0.355 e. The Morgan fingerprint density at radius 1 is 1.07 bits per heavy atom. The van der Waals surface area contributed by atoms with Gasteiger partial charge in [-0.2, -0.15) is 5.10 Å². The highest BCUT2D eigenvalue weighted by Gasteiger charge is 2.25. The molecule has 0 bridgehead atoms. The summed E-state index contributed by atoms with van der Waals surface area (Å²) in [6.45, 7) is 4.72. The highest BCUT2D eigenvalue weighted by atomic mass is 32.1. The maximum atomic E-state index is 11.4. The minimum atomic E-state index is -1.06. The van der Waals surface area contributed by atoms with Crippen molar-refractivity contribution in [3.8, 4) is 33.4 Å². The average molecular weight is 420 g/mol. The van der Waals surface area contributed by atoms with E-state index in [-0.39, 0.29) is 5.69 Å². The van der Waals surface area contributed by atoms with Gasteiger partial charge in [-0.05, 0) is 5.92 Å². The third-order valence-corrected chi connectivity index (χ3v) is 5.21. The van der Waals surface area contributed by atoms with Crippen molar-refractivity contribution in [1.82, 2.24) is 14.8 Å². The molecule has 0 amide bonds. The van der Waals surface area contributed by atoms with Crippen molar-refractivity contribution in [2.45, 2.75) is 13.8 Å². The van der Waals surface area contributed by atoms with Crippen molar-refractivity contribution in [2.75, 3.05) is 6.61 Å². The van der Waals surface area contributed by atoms with E-state index in [9.17, 15) is 9.90 Å². The molecule has 0 aliphatic heterocycles. The molecule has 0 fully saturated rings. The van der Waals surface area contributed by atoms with Gasteiger partial charge in [-0.3, -0.25) is 0 Å². The molecular weight excluding hydrogens is 398 g/mol. The number of nitrogens with zero attached hydrogens (tertiary/aromatic N) is 3. The number of carboxylic acid groups (broad SMARTS) is 1. The first-order valence-corrected chi connectivity index (χ1v) is 10.5. The molecule has 4 aromatic rings. The highest BCUT2D eigenvalue weighted by molar-refractivity contribution is 7.12. The standard InChI is InChI=1S/C23H21N3O3S/c1-15(2)13-29-21-19(16-9-5-3-6-10-16)25-26(20(21)17-11-7-4-8-12-17)23-24-18(14-30-23)22(27)28/h3-12,14-15H,13H2,1-2H3,(H,27,28). The molecule has 30 heavy (non-hydrogen) atoms. The predicted molar refractivity (Wildman–Crippen MR) is 117 cm³/mol. The van der Waals surface area contributed by atoms with Gasteiger partial charge in [0, 0.05) is 16.5 Å². The number of benzene rings is 2. The van der Waals surface area contributed by atoms with Crippen LogP contribution in [0.1, 0.15) is 24.3 Å². The molecule has 0 atom stereocenters. The largest absolute Gasteiger partial charge is 0.489 e. The van der Waals surface area contributed by atoms with Crippen molar-refractivity contribution in [2.24, 2.45) is 5.92 Å². The molecule has 4 rings (SSSR count). The van der Waals surface area contributed by atoms with Crippen LogP contribution in [0.25, 0.3) is 27.6 Å². The molecule has 1 N–H and O–H groups in total. The molecule has 0 aliphatic carbocycles. The second kappa shape index (κ2) is 8.51. The van der Waals surface area contributed by atoms with Gasteiger partial charge in [0.1, 0.15) is 11.4 Å². The van der Waals surface area contributed by atoms with Crippen LogP contribution in [0.5, 0.6) is 5.75 Å². The van der Waals surface area contributed by atoms with Crippen molar-refractivity contribution in [3.05, 3.63) is 71.7 Å². The Morgan fingerprint density at radius 2 is 1.70 bits per heavy atom. The van der Waals surface area contributed by atoms with E-state index in [2.05, 4.69) is 18.8 Å². The quantitative estimate of drug-likeness (QED) is 0.434. The molecule has 2 aromatic carbocycles. The molecule has 0 saturated heterocycles. The number of ether oxygens (including phenoxy) is 1. The van der Waals surface area contributed by atoms with Gasteiger partial charge in [0.15, 0.2) is 11.4 Å². The fourth-order valence-electron chi connectivity index (χ4n) is 3.02. The molecule has 0 saturated carbocycles. The lowest BCUT2D eigenvalue weighted by Gasteiger charge is -2.12. The number of aromatic nitrogens is 3. The van der Waals surface area contributed by atoms with Gasteiger partial charge in [-0.15, -0.1) is 11.3 Å². The van der Waals surface area contributed by atoms with Crippen LogP contribution in [0.2, 0.25) is 0 Å². The first kappa shape index (κ1) is 19.8. The summed E-state index contributed by atoms with van der Waals surface area (Å²) in [6, 6.07) is 19.6. The SMILES string of the molecule is CC(C)COc1c(-c2ccccc2)nn(-c2nc(C(=O)O)cs2)c1-c1ccccc1. The molecular formula is C23H21N3O3S. The molecule has 0 aliphatic rings. The zero-order valence-corrected chi connectivity index (χ0v) is 17.5. The van der Waals surface area contributed by atoms with Crippen LogP contribution >= 0.6 is 11.3 Å². The maximum absolute atomic E-state index is 11.4. The topological polar surface area (TPSA) is 77.2 Å². The van der Waals surface area contributed by atoms with E-state index < -0.39 is 5.97 Å². The molecule has 2 aromatic heterocycles. The minimum absolute atomic E-state index is 0.00424. The third kappa shape index (κ3) is 3.97. The normalized spacial score (nSPS) is 11.0. The van der Waals surface area contributed by atoms with E-state index in [0.29, 0.717) is 29.1 Å². The Balaban J connectivity index is 1.97. The van der Waals surface area contributed by atoms with Crippen molar-refractivity contribution in [1.29, 1.82) is 0 Å². The van der Waals surface area contributed by atoms with E-state index in [1.165, 1.54) is 16.7 Å². The second-order valence-corrected chi connectivity index (χ2v) is 8.03. The summed E-state index contributed by atoms with van der Waals surface area (Å²) in [5, 5.41) is 16.1. The Hall–Kier alpha value is -3.45. The van der Waals surface area contributed by atoms with E-state index in [4.69, 9.17) is 9.84 Å². The zero-order valence-electron chi connectivity index (χ0n) is 16.6. The summed E-state index contributed by atoms with van der Waals surface area (Å²) in [6.07, 6.45) is 0. The number of aromatic carboxylic acids is 1. The molecule has 0 spiro atoms. The lowest BCUT2D eigenvalue weighted by molar-refractivity contribution is 0.0691. The number of hydrogen-bond donors (Lipinski definition) is 1. The summed E-state index contributed by atoms with van der Waals surface area (Å²) < 4.78 is 7.96. The summed E-state index contributed by atoms with van der Waals surface area (Å²) >= 11 is 1.23. The van der Waals surface area contributed by atoms with E-state index in [0.717, 1.165) is 16.8 Å². The number of hydrogen-bond acceptors (Lipinski definition) is 5. The Bertz CT molecular complexity index is 1150. The lowest BCUT2D eigenvalue weighted by Crippen LogP contribution is -2.06. The van der Waals surface area contributed by atoms with Crippen LogP contribution in [0.4, 0.5) is 0 Å². The number of thiazole rings is 1. The number of carbonyl (C=O) groups is 1. The summed E-state index contributed by atoms with van der Waals surface area (Å²) in [5.41, 5.74) is 3.28. The van der Waals surface area contributed by atoms with Gasteiger partial charge >= 0.3 is 5.97 Å². The van der Waals surface area contributed by atoms with Gasteiger partial charge in [0.05, 0.1) is 6.61 Å². The predicted octanol–water partition coefficient (Wildman–Crippen LogP) is 5.40. The van der Waals surface area contributed by atoms with Crippen LogP contribution in [-0.4, -0.2) is 32.4 Å². The summed E-state index contributed by atoms with van der Waals surface area (Å²) in [7, 11) is 0. The van der Waals surface area contributed by atoms with E-state index >= 15 is 0 Å². The van der Waals surface area contributed by atoms with Crippen LogP contribution in [0, 0.1) is 5.92 Å². The zero-order chi connectivity index (χ0) is 21.1. The fraction of sp³-hybridized carbons (Fsp3) is 0.174. The first-order valence-electron chi connectivity index (χ1n) is 9.60. The minimum Gasteiger partial charge on any atom is -0.489 e. The van der Waals surface area contributed by atoms with Gasteiger partial charge in [0.2, 0.25) is 5.13 Å². The summed E-state index contributed by atoms with van der Waals surface area (Å²) in [4.78, 5) is 15.6. The Kier molecular flexibility index (Phi) is 5.63. The van der Waals surface area contributed by atoms with Gasteiger partial charge in [-0.25, -0.2) is 14.5 Å². The number of rotatable bonds is 7. The van der Waals surface area contributed by atoms with E-state index in [1.54, 1.807) is 4.68 Å². The fourth-order valence-corrected chi connectivity index (χ4v) is 3.78. The molecule has 7 heteroatoms. The molecule has 0 unspecified atom stereocenters. The Morgan fingerprint density at radius 3 is 2.27 bits per heavy atom. The monoisotopic (exact) mass is 419 g/mol. The first-order chi connectivity index (χ1) is 14.5. The number of carboxylic acids is 1. The average Bonchev–Trinajstić information content (AvgIpc) is 3.38. The summed E-state index contributed by atoms with van der Waals surface area (Å²) in [5.74, 6) is -0.0715. The van der Waals surface area contributed by atoms with Crippen LogP contribution in [0.3, 0.4) is 0 Å². The molecule has 152 valence electrons. The molecule has 2 heterocycles. The van der Waals surface area contributed by atoms with Gasteiger partial charge in [0.25, 0.3) is 0 Å². The highest BCUT2D eigenvalue weighted by Crippen LogP contribution is 2.41. The lowest BCUT2D eigenvalue weighted by atomic mass is 10.1. The van der Waals surface area contributed by atoms with Gasteiger partial charge in [-0.1, -0.05) is 74.5 Å². The van der Waals surface area contributed by atoms with Crippen molar-refractivity contribution >= 4 is 17.3 Å². The second-order valence-electron chi connectivity index (χ2n) is 7.20. The van der Waals surface area contributed by atoms with Gasteiger partial charge < -0.3 is 9.84 Å². The van der Waals surface area contributed by atoms with Crippen LogP contribution in [0.15, 0.2) is 66.0 Å². The molecule has 0 radical (unpaired) electrons. The van der Waals surface area contributed by atoms with E-state index in [1.807, 2.05) is 60.7 Å². The Labute approximate surface area is 178 Å². The van der Waals surface area contributed by atoms with Crippen LogP contribution in [-0.2, 0) is 0 Å². The third-order valence-electron chi connectivity index (χ3n) is 4.39. The van der Waals surface area contributed by atoms with Crippen molar-refractivity contribution < 1.29 is 14.6 Å². The van der Waals surface area contributed by atoms with Crippen LogP contribution < -0.4 is 4.74 Å². The molecule has 6 nitrogen and oxygen atoms in total.